The number of aryl methyl sites for hydroxylation is 1. The van der Waals surface area contributed by atoms with Crippen molar-refractivity contribution in [2.24, 2.45) is 5.73 Å². The van der Waals surface area contributed by atoms with Gasteiger partial charge in [0, 0.05) is 4.47 Å². The SMILES string of the molecule is CCCOc1cc(Br)c(CCCN)cc1OC. The molecular formula is C13H20BrNO2. The summed E-state index contributed by atoms with van der Waals surface area (Å²) in [4.78, 5) is 0. The van der Waals surface area contributed by atoms with Gasteiger partial charge < -0.3 is 15.2 Å². The lowest BCUT2D eigenvalue weighted by Crippen LogP contribution is -2.02. The normalized spacial score (nSPS) is 10.4. The third-order valence-electron chi connectivity index (χ3n) is 2.44. The third kappa shape index (κ3) is 4.21. The van der Waals surface area contributed by atoms with Gasteiger partial charge in [0.15, 0.2) is 11.5 Å². The van der Waals surface area contributed by atoms with Crippen molar-refractivity contribution in [2.45, 2.75) is 26.2 Å². The van der Waals surface area contributed by atoms with Gasteiger partial charge in [0.1, 0.15) is 0 Å². The van der Waals surface area contributed by atoms with Gasteiger partial charge in [0.2, 0.25) is 0 Å². The van der Waals surface area contributed by atoms with Crippen molar-refractivity contribution in [3.05, 3.63) is 22.2 Å². The number of rotatable bonds is 7. The second-order valence-electron chi connectivity index (χ2n) is 3.84. The van der Waals surface area contributed by atoms with Crippen molar-refractivity contribution in [2.75, 3.05) is 20.3 Å². The zero-order valence-electron chi connectivity index (χ0n) is 10.5. The van der Waals surface area contributed by atoms with Crippen LogP contribution in [0.3, 0.4) is 0 Å². The molecule has 0 unspecified atom stereocenters. The number of halogens is 1. The number of nitrogens with two attached hydrogens (primary N) is 1. The fourth-order valence-corrected chi connectivity index (χ4v) is 2.07. The van der Waals surface area contributed by atoms with Crippen LogP contribution in [0.15, 0.2) is 16.6 Å². The lowest BCUT2D eigenvalue weighted by atomic mass is 10.1. The maximum atomic E-state index is 5.64. The van der Waals surface area contributed by atoms with E-state index in [1.54, 1.807) is 7.11 Å². The smallest absolute Gasteiger partial charge is 0.162 e. The molecule has 0 saturated heterocycles. The molecule has 0 spiro atoms. The van der Waals surface area contributed by atoms with Crippen LogP contribution in [0.1, 0.15) is 25.3 Å². The van der Waals surface area contributed by atoms with Crippen molar-refractivity contribution in [1.29, 1.82) is 0 Å². The first-order valence-electron chi connectivity index (χ1n) is 5.92. The molecule has 96 valence electrons. The molecule has 3 nitrogen and oxygen atoms in total. The van der Waals surface area contributed by atoms with E-state index in [2.05, 4.69) is 22.9 Å². The van der Waals surface area contributed by atoms with Gasteiger partial charge in [-0.15, -0.1) is 0 Å². The van der Waals surface area contributed by atoms with E-state index in [1.807, 2.05) is 12.1 Å². The van der Waals surface area contributed by atoms with Crippen LogP contribution < -0.4 is 15.2 Å². The lowest BCUT2D eigenvalue weighted by molar-refractivity contribution is 0.294. The molecule has 1 aromatic carbocycles. The molecule has 1 rings (SSSR count). The fourth-order valence-electron chi connectivity index (χ4n) is 1.55. The van der Waals surface area contributed by atoms with Crippen LogP contribution in [0.2, 0.25) is 0 Å². The second kappa shape index (κ2) is 7.56. The number of hydrogen-bond donors (Lipinski definition) is 1. The molecule has 0 aromatic heterocycles. The zero-order chi connectivity index (χ0) is 12.7. The summed E-state index contributed by atoms with van der Waals surface area (Å²) in [6, 6.07) is 3.99. The quantitative estimate of drug-likeness (QED) is 0.841. The first-order valence-corrected chi connectivity index (χ1v) is 6.71. The van der Waals surface area contributed by atoms with E-state index in [4.69, 9.17) is 15.2 Å². The number of ether oxygens (including phenoxy) is 2. The highest BCUT2D eigenvalue weighted by molar-refractivity contribution is 9.10. The summed E-state index contributed by atoms with van der Waals surface area (Å²) in [5, 5.41) is 0. The van der Waals surface area contributed by atoms with Crippen molar-refractivity contribution in [1.82, 2.24) is 0 Å². The van der Waals surface area contributed by atoms with Gasteiger partial charge in [0.05, 0.1) is 13.7 Å². The van der Waals surface area contributed by atoms with Gasteiger partial charge in [-0.3, -0.25) is 0 Å². The molecule has 0 amide bonds. The molecule has 17 heavy (non-hydrogen) atoms. The first kappa shape index (κ1) is 14.3. The summed E-state index contributed by atoms with van der Waals surface area (Å²) in [5.74, 6) is 1.58. The topological polar surface area (TPSA) is 44.5 Å². The maximum Gasteiger partial charge on any atom is 0.162 e. The van der Waals surface area contributed by atoms with Crippen LogP contribution in [-0.4, -0.2) is 20.3 Å². The highest BCUT2D eigenvalue weighted by atomic mass is 79.9. The average molecular weight is 302 g/mol. The summed E-state index contributed by atoms with van der Waals surface area (Å²) >= 11 is 3.56. The standard InChI is InChI=1S/C13H20BrNO2/c1-3-7-17-13-9-11(14)10(5-4-6-15)8-12(13)16-2/h8-9H,3-7,15H2,1-2H3. The molecule has 1 aromatic rings. The van der Waals surface area contributed by atoms with E-state index in [0.29, 0.717) is 13.2 Å². The molecule has 2 N–H and O–H groups in total. The van der Waals surface area contributed by atoms with Crippen LogP contribution in [0.4, 0.5) is 0 Å². The fraction of sp³-hybridized carbons (Fsp3) is 0.538. The van der Waals surface area contributed by atoms with E-state index in [0.717, 1.165) is 35.2 Å². The Bertz CT molecular complexity index is 356. The van der Waals surface area contributed by atoms with E-state index in [9.17, 15) is 0 Å². The number of hydrogen-bond acceptors (Lipinski definition) is 3. The van der Waals surface area contributed by atoms with E-state index in [-0.39, 0.29) is 0 Å². The van der Waals surface area contributed by atoms with Gasteiger partial charge >= 0.3 is 0 Å². The average Bonchev–Trinajstić information content (AvgIpc) is 2.35. The molecule has 0 radical (unpaired) electrons. The van der Waals surface area contributed by atoms with Gasteiger partial charge in [-0.05, 0) is 43.5 Å². The predicted molar refractivity (Wildman–Crippen MR) is 73.9 cm³/mol. The van der Waals surface area contributed by atoms with Crippen LogP contribution in [-0.2, 0) is 6.42 Å². The van der Waals surface area contributed by atoms with Crippen molar-refractivity contribution in [3.63, 3.8) is 0 Å². The molecular weight excluding hydrogens is 282 g/mol. The minimum Gasteiger partial charge on any atom is -0.493 e. The van der Waals surface area contributed by atoms with E-state index < -0.39 is 0 Å². The lowest BCUT2D eigenvalue weighted by Gasteiger charge is -2.13. The molecule has 4 heteroatoms. The molecule has 0 aliphatic rings. The molecule has 0 bridgehead atoms. The minimum atomic E-state index is 0.697. The monoisotopic (exact) mass is 301 g/mol. The highest BCUT2D eigenvalue weighted by Crippen LogP contribution is 2.34. The zero-order valence-corrected chi connectivity index (χ0v) is 12.0. The van der Waals surface area contributed by atoms with E-state index >= 15 is 0 Å². The van der Waals surface area contributed by atoms with Crippen molar-refractivity contribution < 1.29 is 9.47 Å². The molecule has 0 saturated carbocycles. The van der Waals surface area contributed by atoms with Crippen LogP contribution in [0.5, 0.6) is 11.5 Å². The highest BCUT2D eigenvalue weighted by Gasteiger charge is 2.09. The van der Waals surface area contributed by atoms with Gasteiger partial charge in [-0.1, -0.05) is 22.9 Å². The van der Waals surface area contributed by atoms with Crippen molar-refractivity contribution in [3.8, 4) is 11.5 Å². The Morgan fingerprint density at radius 2 is 2.06 bits per heavy atom. The van der Waals surface area contributed by atoms with Crippen LogP contribution in [0.25, 0.3) is 0 Å². The van der Waals surface area contributed by atoms with Gasteiger partial charge in [0.25, 0.3) is 0 Å². The molecule has 0 atom stereocenters. The maximum absolute atomic E-state index is 5.64. The van der Waals surface area contributed by atoms with Crippen LogP contribution in [0, 0.1) is 0 Å². The Kier molecular flexibility index (Phi) is 6.37. The Labute approximate surface area is 111 Å². The van der Waals surface area contributed by atoms with Crippen molar-refractivity contribution >= 4 is 15.9 Å². The minimum absolute atomic E-state index is 0.697. The predicted octanol–water partition coefficient (Wildman–Crippen LogP) is 3.14. The number of methoxy groups -OCH3 is 1. The molecule has 0 aliphatic carbocycles. The molecule has 0 fully saturated rings. The second-order valence-corrected chi connectivity index (χ2v) is 4.69. The summed E-state index contributed by atoms with van der Waals surface area (Å²) in [6.07, 6.45) is 2.90. The molecule has 0 aliphatic heterocycles. The van der Waals surface area contributed by atoms with Crippen LogP contribution >= 0.6 is 15.9 Å². The number of benzene rings is 1. The Morgan fingerprint density at radius 3 is 2.65 bits per heavy atom. The Morgan fingerprint density at radius 1 is 1.29 bits per heavy atom. The first-order chi connectivity index (χ1) is 8.22. The third-order valence-corrected chi connectivity index (χ3v) is 3.18. The summed E-state index contributed by atoms with van der Waals surface area (Å²) in [7, 11) is 1.66. The summed E-state index contributed by atoms with van der Waals surface area (Å²) in [5.41, 5.74) is 6.73. The van der Waals surface area contributed by atoms with Gasteiger partial charge in [-0.2, -0.15) is 0 Å². The van der Waals surface area contributed by atoms with Gasteiger partial charge in [-0.25, -0.2) is 0 Å². The Hall–Kier alpha value is -0.740. The summed E-state index contributed by atoms with van der Waals surface area (Å²) in [6.45, 7) is 3.48. The summed E-state index contributed by atoms with van der Waals surface area (Å²) < 4.78 is 12.0. The molecule has 0 heterocycles. The largest absolute Gasteiger partial charge is 0.493 e. The van der Waals surface area contributed by atoms with E-state index in [1.165, 1.54) is 5.56 Å². The Balaban J connectivity index is 2.89.